The molecule has 2 rings (SSSR count). The zero-order chi connectivity index (χ0) is 13.1. The molecule has 100 valence electrons. The fourth-order valence-electron chi connectivity index (χ4n) is 2.58. The molecular formula is C14H19ClFNO. The molecule has 4 heteroatoms. The van der Waals surface area contributed by atoms with Gasteiger partial charge in [0.25, 0.3) is 0 Å². The molecule has 1 aromatic rings. The Labute approximate surface area is 112 Å². The SMILES string of the molecule is COc1c(Cl)cc(F)c(C)c1CC1CCNCC1. The van der Waals surface area contributed by atoms with E-state index in [-0.39, 0.29) is 5.82 Å². The van der Waals surface area contributed by atoms with Gasteiger partial charge in [-0.05, 0) is 56.8 Å². The zero-order valence-corrected chi connectivity index (χ0v) is 11.6. The molecule has 18 heavy (non-hydrogen) atoms. The number of piperidine rings is 1. The lowest BCUT2D eigenvalue weighted by molar-refractivity contribution is 0.359. The van der Waals surface area contributed by atoms with Gasteiger partial charge in [0.05, 0.1) is 12.1 Å². The highest BCUT2D eigenvalue weighted by atomic mass is 35.5. The van der Waals surface area contributed by atoms with Crippen LogP contribution in [0, 0.1) is 18.7 Å². The van der Waals surface area contributed by atoms with Crippen LogP contribution in [0.4, 0.5) is 4.39 Å². The molecule has 0 bridgehead atoms. The number of hydrogen-bond donors (Lipinski definition) is 1. The van der Waals surface area contributed by atoms with Crippen molar-refractivity contribution in [3.63, 3.8) is 0 Å². The van der Waals surface area contributed by atoms with E-state index >= 15 is 0 Å². The molecule has 0 spiro atoms. The minimum absolute atomic E-state index is 0.246. The van der Waals surface area contributed by atoms with Gasteiger partial charge >= 0.3 is 0 Å². The smallest absolute Gasteiger partial charge is 0.141 e. The fraction of sp³-hybridized carbons (Fsp3) is 0.571. The lowest BCUT2D eigenvalue weighted by atomic mass is 9.88. The number of rotatable bonds is 3. The molecule has 1 saturated heterocycles. The Kier molecular flexibility index (Phi) is 4.46. The van der Waals surface area contributed by atoms with Crippen molar-refractivity contribution in [2.24, 2.45) is 5.92 Å². The van der Waals surface area contributed by atoms with Crippen molar-refractivity contribution in [3.05, 3.63) is 28.0 Å². The van der Waals surface area contributed by atoms with Gasteiger partial charge in [-0.3, -0.25) is 0 Å². The number of nitrogens with one attached hydrogen (secondary N) is 1. The molecule has 0 amide bonds. The first-order valence-corrected chi connectivity index (χ1v) is 6.73. The van der Waals surface area contributed by atoms with E-state index in [2.05, 4.69) is 5.32 Å². The predicted octanol–water partition coefficient (Wildman–Crippen LogP) is 3.34. The molecule has 1 aliphatic heterocycles. The second kappa shape index (κ2) is 5.89. The van der Waals surface area contributed by atoms with Crippen molar-refractivity contribution >= 4 is 11.6 Å². The Morgan fingerprint density at radius 3 is 2.72 bits per heavy atom. The lowest BCUT2D eigenvalue weighted by Crippen LogP contribution is -2.29. The Morgan fingerprint density at radius 2 is 2.11 bits per heavy atom. The van der Waals surface area contributed by atoms with E-state index in [1.165, 1.54) is 6.07 Å². The number of ether oxygens (including phenoxy) is 1. The van der Waals surface area contributed by atoms with Crippen LogP contribution in [0.1, 0.15) is 24.0 Å². The summed E-state index contributed by atoms with van der Waals surface area (Å²) in [5.74, 6) is 0.968. The van der Waals surface area contributed by atoms with Gasteiger partial charge < -0.3 is 10.1 Å². The summed E-state index contributed by atoms with van der Waals surface area (Å²) < 4.78 is 19.1. The highest BCUT2D eigenvalue weighted by molar-refractivity contribution is 6.32. The normalized spacial score (nSPS) is 16.9. The van der Waals surface area contributed by atoms with Gasteiger partial charge in [0.15, 0.2) is 0 Å². The largest absolute Gasteiger partial charge is 0.495 e. The minimum atomic E-state index is -0.246. The van der Waals surface area contributed by atoms with Crippen molar-refractivity contribution in [2.45, 2.75) is 26.2 Å². The third-order valence-corrected chi connectivity index (χ3v) is 3.99. The Bertz CT molecular complexity index is 430. The van der Waals surface area contributed by atoms with Crippen molar-refractivity contribution in [2.75, 3.05) is 20.2 Å². The summed E-state index contributed by atoms with van der Waals surface area (Å²) >= 11 is 6.05. The van der Waals surface area contributed by atoms with E-state index in [1.807, 2.05) is 0 Å². The monoisotopic (exact) mass is 271 g/mol. The first-order chi connectivity index (χ1) is 8.63. The second-order valence-corrected chi connectivity index (χ2v) is 5.28. The van der Waals surface area contributed by atoms with Crippen molar-refractivity contribution in [1.82, 2.24) is 5.32 Å². The molecular weight excluding hydrogens is 253 g/mol. The van der Waals surface area contributed by atoms with Crippen LogP contribution in [0.2, 0.25) is 5.02 Å². The molecule has 1 N–H and O–H groups in total. The summed E-state index contributed by atoms with van der Waals surface area (Å²) in [7, 11) is 1.59. The third kappa shape index (κ3) is 2.78. The van der Waals surface area contributed by atoms with Crippen LogP contribution in [0.5, 0.6) is 5.75 Å². The number of hydrogen-bond acceptors (Lipinski definition) is 2. The van der Waals surface area contributed by atoms with Crippen LogP contribution in [0.15, 0.2) is 6.07 Å². The maximum absolute atomic E-state index is 13.8. The van der Waals surface area contributed by atoms with Crippen LogP contribution >= 0.6 is 11.6 Å². The Morgan fingerprint density at radius 1 is 1.44 bits per heavy atom. The highest BCUT2D eigenvalue weighted by Gasteiger charge is 2.20. The molecule has 0 aliphatic carbocycles. The standard InChI is InChI=1S/C14H19ClFNO/c1-9-11(7-10-3-5-17-6-4-10)14(18-2)12(15)8-13(9)16/h8,10,17H,3-7H2,1-2H3. The van der Waals surface area contributed by atoms with Crippen LogP contribution in [0.25, 0.3) is 0 Å². The van der Waals surface area contributed by atoms with Gasteiger partial charge in [-0.1, -0.05) is 11.6 Å². The maximum atomic E-state index is 13.8. The molecule has 1 heterocycles. The molecule has 0 atom stereocenters. The Balaban J connectivity index is 2.29. The summed E-state index contributed by atoms with van der Waals surface area (Å²) in [6.07, 6.45) is 3.08. The van der Waals surface area contributed by atoms with Gasteiger partial charge in [-0.2, -0.15) is 0 Å². The van der Waals surface area contributed by atoms with E-state index in [9.17, 15) is 4.39 Å². The quantitative estimate of drug-likeness (QED) is 0.910. The third-order valence-electron chi connectivity index (χ3n) is 3.71. The number of methoxy groups -OCH3 is 1. The van der Waals surface area contributed by atoms with Gasteiger partial charge in [0.2, 0.25) is 0 Å². The van der Waals surface area contributed by atoms with Crippen LogP contribution in [-0.4, -0.2) is 20.2 Å². The van der Waals surface area contributed by atoms with Crippen LogP contribution < -0.4 is 10.1 Å². The summed E-state index contributed by atoms with van der Waals surface area (Å²) in [5.41, 5.74) is 1.59. The first-order valence-electron chi connectivity index (χ1n) is 6.35. The van der Waals surface area contributed by atoms with E-state index in [4.69, 9.17) is 16.3 Å². The second-order valence-electron chi connectivity index (χ2n) is 4.87. The summed E-state index contributed by atoms with van der Waals surface area (Å²) in [4.78, 5) is 0. The van der Waals surface area contributed by atoms with Crippen LogP contribution in [-0.2, 0) is 6.42 Å². The average Bonchev–Trinajstić information content (AvgIpc) is 2.37. The predicted molar refractivity (Wildman–Crippen MR) is 72.0 cm³/mol. The maximum Gasteiger partial charge on any atom is 0.141 e. The summed E-state index contributed by atoms with van der Waals surface area (Å²) in [5, 5.41) is 3.70. The van der Waals surface area contributed by atoms with Gasteiger partial charge in [-0.25, -0.2) is 4.39 Å². The summed E-state index contributed by atoms with van der Waals surface area (Å²) in [6.45, 7) is 3.87. The van der Waals surface area contributed by atoms with E-state index in [0.29, 0.717) is 22.3 Å². The molecule has 0 aromatic heterocycles. The molecule has 1 fully saturated rings. The van der Waals surface area contributed by atoms with E-state index in [0.717, 1.165) is 37.9 Å². The molecule has 0 radical (unpaired) electrons. The Hall–Kier alpha value is -0.800. The van der Waals surface area contributed by atoms with Crippen molar-refractivity contribution < 1.29 is 9.13 Å². The number of halogens is 2. The minimum Gasteiger partial charge on any atom is -0.495 e. The van der Waals surface area contributed by atoms with Gasteiger partial charge in [0.1, 0.15) is 11.6 Å². The molecule has 1 aliphatic rings. The molecule has 0 unspecified atom stereocenters. The molecule has 2 nitrogen and oxygen atoms in total. The molecule has 0 saturated carbocycles. The summed E-state index contributed by atoms with van der Waals surface area (Å²) in [6, 6.07) is 1.33. The average molecular weight is 272 g/mol. The topological polar surface area (TPSA) is 21.3 Å². The molecule has 1 aromatic carbocycles. The fourth-order valence-corrected chi connectivity index (χ4v) is 2.87. The van der Waals surface area contributed by atoms with E-state index in [1.54, 1.807) is 14.0 Å². The van der Waals surface area contributed by atoms with Gasteiger partial charge in [-0.15, -0.1) is 0 Å². The number of benzene rings is 1. The van der Waals surface area contributed by atoms with Crippen molar-refractivity contribution in [1.29, 1.82) is 0 Å². The van der Waals surface area contributed by atoms with Crippen LogP contribution in [0.3, 0.4) is 0 Å². The van der Waals surface area contributed by atoms with E-state index < -0.39 is 0 Å². The van der Waals surface area contributed by atoms with Crippen molar-refractivity contribution in [3.8, 4) is 5.75 Å². The van der Waals surface area contributed by atoms with Gasteiger partial charge in [0, 0.05) is 5.56 Å². The lowest BCUT2D eigenvalue weighted by Gasteiger charge is -2.24. The first kappa shape index (κ1) is 13.6. The zero-order valence-electron chi connectivity index (χ0n) is 10.9. The highest BCUT2D eigenvalue weighted by Crippen LogP contribution is 2.35.